The summed E-state index contributed by atoms with van der Waals surface area (Å²) in [6, 6.07) is 12.1. The molecule has 31 heavy (non-hydrogen) atoms. The van der Waals surface area contributed by atoms with Crippen LogP contribution in [-0.4, -0.2) is 44.3 Å². The molecule has 0 aliphatic carbocycles. The Morgan fingerprint density at radius 1 is 1.16 bits per heavy atom. The Balaban J connectivity index is 1.89. The summed E-state index contributed by atoms with van der Waals surface area (Å²) in [5, 5.41) is 13.8. The lowest BCUT2D eigenvalue weighted by Gasteiger charge is -2.23. The van der Waals surface area contributed by atoms with Gasteiger partial charge in [0.15, 0.2) is 0 Å². The van der Waals surface area contributed by atoms with E-state index in [2.05, 4.69) is 24.4 Å². The van der Waals surface area contributed by atoms with E-state index in [-0.39, 0.29) is 11.4 Å². The Labute approximate surface area is 187 Å². The molecule has 8 nitrogen and oxygen atoms in total. The van der Waals surface area contributed by atoms with E-state index in [1.807, 2.05) is 12.1 Å². The number of nitro benzene ring substituents is 1. The van der Waals surface area contributed by atoms with Crippen LogP contribution in [0.5, 0.6) is 0 Å². The molecule has 2 aromatic rings. The number of anilines is 1. The Morgan fingerprint density at radius 3 is 2.52 bits per heavy atom. The highest BCUT2D eigenvalue weighted by Gasteiger charge is 2.24. The number of carbonyl (C=O) groups is 1. The lowest BCUT2D eigenvalue weighted by molar-refractivity contribution is -0.384. The first-order valence-electron chi connectivity index (χ1n) is 9.71. The molecule has 0 aliphatic heterocycles. The summed E-state index contributed by atoms with van der Waals surface area (Å²) in [5.74, 6) is 1.29. The number of benzene rings is 2. The number of carbonyl (C=O) groups excluding carboxylic acids is 1. The van der Waals surface area contributed by atoms with Crippen LogP contribution in [-0.2, 0) is 20.6 Å². The molecule has 0 bridgehead atoms. The largest absolute Gasteiger partial charge is 0.354 e. The second-order valence-corrected chi connectivity index (χ2v) is 10.2. The van der Waals surface area contributed by atoms with Gasteiger partial charge in [-0.05, 0) is 42.7 Å². The van der Waals surface area contributed by atoms with Gasteiger partial charge >= 0.3 is 0 Å². The van der Waals surface area contributed by atoms with Gasteiger partial charge in [0.2, 0.25) is 15.9 Å². The molecule has 0 saturated carbocycles. The molecule has 0 radical (unpaired) electrons. The minimum atomic E-state index is -3.81. The first-order chi connectivity index (χ1) is 14.6. The quantitative estimate of drug-likeness (QED) is 0.309. The molecule has 1 N–H and O–H groups in total. The number of nitro groups is 1. The Kier molecular flexibility index (Phi) is 8.88. The zero-order chi connectivity index (χ0) is 23.0. The molecule has 0 unspecified atom stereocenters. The average molecular weight is 466 g/mol. The van der Waals surface area contributed by atoms with Gasteiger partial charge in [-0.25, -0.2) is 8.42 Å². The van der Waals surface area contributed by atoms with Crippen molar-refractivity contribution in [2.45, 2.75) is 26.0 Å². The molecule has 10 heteroatoms. The van der Waals surface area contributed by atoms with E-state index in [9.17, 15) is 23.3 Å². The van der Waals surface area contributed by atoms with Crippen molar-refractivity contribution in [1.29, 1.82) is 0 Å². The third-order valence-corrected chi connectivity index (χ3v) is 6.89. The summed E-state index contributed by atoms with van der Waals surface area (Å²) in [6.07, 6.45) is 1.72. The molecule has 0 aliphatic rings. The highest BCUT2D eigenvalue weighted by molar-refractivity contribution is 7.98. The van der Waals surface area contributed by atoms with E-state index in [1.165, 1.54) is 29.3 Å². The number of rotatable bonds is 11. The predicted octanol–water partition coefficient (Wildman–Crippen LogP) is 3.42. The number of thioether (sulfide) groups is 1. The Hall–Kier alpha value is -2.59. The highest BCUT2D eigenvalue weighted by atomic mass is 32.2. The third-order valence-electron chi connectivity index (χ3n) is 4.67. The fourth-order valence-corrected chi connectivity index (χ4v) is 4.85. The minimum Gasteiger partial charge on any atom is -0.354 e. The van der Waals surface area contributed by atoms with Gasteiger partial charge in [0.05, 0.1) is 16.9 Å². The highest BCUT2D eigenvalue weighted by Crippen LogP contribution is 2.27. The maximum atomic E-state index is 12.3. The normalized spacial score (nSPS) is 11.2. The van der Waals surface area contributed by atoms with Crippen molar-refractivity contribution >= 4 is 39.1 Å². The topological polar surface area (TPSA) is 110 Å². The van der Waals surface area contributed by atoms with Gasteiger partial charge in [-0.2, -0.15) is 11.8 Å². The van der Waals surface area contributed by atoms with Crippen molar-refractivity contribution in [3.05, 3.63) is 69.3 Å². The fourth-order valence-electron chi connectivity index (χ4n) is 2.90. The van der Waals surface area contributed by atoms with E-state index in [0.29, 0.717) is 12.1 Å². The van der Waals surface area contributed by atoms with Crippen LogP contribution in [0.4, 0.5) is 11.4 Å². The van der Waals surface area contributed by atoms with Crippen molar-refractivity contribution in [2.75, 3.05) is 29.4 Å². The van der Waals surface area contributed by atoms with E-state index >= 15 is 0 Å². The summed E-state index contributed by atoms with van der Waals surface area (Å²) in [6.45, 7) is 3.70. The number of hydrogen-bond donors (Lipinski definition) is 1. The lowest BCUT2D eigenvalue weighted by Crippen LogP contribution is -2.41. The molecule has 0 saturated heterocycles. The summed E-state index contributed by atoms with van der Waals surface area (Å²) >= 11 is 1.77. The fraction of sp³-hybridized carbons (Fsp3) is 0.381. The van der Waals surface area contributed by atoms with Gasteiger partial charge in [-0.15, -0.1) is 0 Å². The van der Waals surface area contributed by atoms with Gasteiger partial charge in [-0.1, -0.05) is 30.3 Å². The summed E-state index contributed by atoms with van der Waals surface area (Å²) in [5.41, 5.74) is 2.95. The second kappa shape index (κ2) is 11.1. The van der Waals surface area contributed by atoms with Crippen LogP contribution in [0.2, 0.25) is 0 Å². The Bertz CT molecular complexity index is 1040. The summed E-state index contributed by atoms with van der Waals surface area (Å²) in [7, 11) is -3.81. The van der Waals surface area contributed by atoms with Crippen LogP contribution < -0.4 is 9.62 Å². The molecule has 0 fully saturated rings. The molecule has 0 spiro atoms. The number of sulfonamides is 1. The second-order valence-electron chi connectivity index (χ2n) is 7.18. The summed E-state index contributed by atoms with van der Waals surface area (Å²) < 4.78 is 25.4. The van der Waals surface area contributed by atoms with E-state index < -0.39 is 27.4 Å². The molecule has 168 valence electrons. The van der Waals surface area contributed by atoms with E-state index in [4.69, 9.17) is 0 Å². The van der Waals surface area contributed by atoms with E-state index in [1.54, 1.807) is 18.7 Å². The third kappa shape index (κ3) is 7.55. The lowest BCUT2D eigenvalue weighted by atomic mass is 10.1. The van der Waals surface area contributed by atoms with Crippen LogP contribution in [0.1, 0.15) is 23.1 Å². The number of aryl methyl sites for hydroxylation is 2. The number of amides is 1. The first-order valence-corrected chi connectivity index (χ1v) is 12.7. The standard InChI is InChI=1S/C21H27N3O5S2/c1-16-7-4-5-8-18(16)15-30-12-6-11-22-21(25)14-23(31(3,28)29)20-13-19(24(26)27)10-9-17(20)2/h4-5,7-10,13H,6,11-12,14-15H2,1-3H3,(H,22,25). The molecule has 2 rings (SSSR count). The average Bonchev–Trinajstić information content (AvgIpc) is 2.69. The molecular weight excluding hydrogens is 438 g/mol. The van der Waals surface area contributed by atoms with Crippen molar-refractivity contribution in [1.82, 2.24) is 5.32 Å². The number of non-ortho nitro benzene ring substituents is 1. The van der Waals surface area contributed by atoms with Gasteiger partial charge in [0, 0.05) is 24.4 Å². The van der Waals surface area contributed by atoms with E-state index in [0.717, 1.165) is 28.5 Å². The van der Waals surface area contributed by atoms with Crippen LogP contribution in [0.25, 0.3) is 0 Å². The van der Waals surface area contributed by atoms with Crippen molar-refractivity contribution < 1.29 is 18.1 Å². The number of hydrogen-bond acceptors (Lipinski definition) is 6. The van der Waals surface area contributed by atoms with Gasteiger partial charge in [-0.3, -0.25) is 19.2 Å². The monoisotopic (exact) mass is 465 g/mol. The molecule has 0 aromatic heterocycles. The SMILES string of the molecule is Cc1ccccc1CSCCCNC(=O)CN(c1cc([N+](=O)[O-])ccc1C)S(C)(=O)=O. The molecule has 2 aromatic carbocycles. The molecule has 0 atom stereocenters. The maximum Gasteiger partial charge on any atom is 0.271 e. The molecular formula is C21H27N3O5S2. The van der Waals surface area contributed by atoms with Crippen LogP contribution in [0.15, 0.2) is 42.5 Å². The zero-order valence-electron chi connectivity index (χ0n) is 17.8. The maximum absolute atomic E-state index is 12.3. The van der Waals surface area contributed by atoms with Gasteiger partial charge < -0.3 is 5.32 Å². The minimum absolute atomic E-state index is 0.126. The van der Waals surface area contributed by atoms with Gasteiger partial charge in [0.1, 0.15) is 6.54 Å². The predicted molar refractivity (Wildman–Crippen MR) is 125 cm³/mol. The smallest absolute Gasteiger partial charge is 0.271 e. The number of nitrogens with zero attached hydrogens (tertiary/aromatic N) is 2. The van der Waals surface area contributed by atoms with Crippen LogP contribution in [0.3, 0.4) is 0 Å². The van der Waals surface area contributed by atoms with Gasteiger partial charge in [0.25, 0.3) is 5.69 Å². The van der Waals surface area contributed by atoms with Crippen LogP contribution in [0, 0.1) is 24.0 Å². The zero-order valence-corrected chi connectivity index (χ0v) is 19.5. The molecule has 0 heterocycles. The first kappa shape index (κ1) is 24.7. The van der Waals surface area contributed by atoms with Crippen molar-refractivity contribution in [2.24, 2.45) is 0 Å². The summed E-state index contributed by atoms with van der Waals surface area (Å²) in [4.78, 5) is 22.8. The van der Waals surface area contributed by atoms with Crippen LogP contribution >= 0.6 is 11.8 Å². The van der Waals surface area contributed by atoms with Crippen molar-refractivity contribution in [3.8, 4) is 0 Å². The number of nitrogens with one attached hydrogen (secondary N) is 1. The van der Waals surface area contributed by atoms with Crippen molar-refractivity contribution in [3.63, 3.8) is 0 Å². The Morgan fingerprint density at radius 2 is 1.87 bits per heavy atom. The molecule has 1 amide bonds.